The summed E-state index contributed by atoms with van der Waals surface area (Å²) in [6.07, 6.45) is 0. The number of aromatic carboxylic acids is 1. The van der Waals surface area contributed by atoms with Crippen LogP contribution in [0.25, 0.3) is 16.7 Å². The van der Waals surface area contributed by atoms with Crippen LogP contribution in [0.2, 0.25) is 0 Å². The Kier molecular flexibility index (Phi) is 2.83. The molecule has 6 heteroatoms. The summed E-state index contributed by atoms with van der Waals surface area (Å²) in [5.41, 5.74) is 2.14. The normalized spacial score (nSPS) is 10.7. The average Bonchev–Trinajstić information content (AvgIpc) is 2.90. The zero-order valence-electron chi connectivity index (χ0n) is 10.6. The number of carboxylic acids is 1. The Balaban J connectivity index is 2.14. The number of nitrogens with zero attached hydrogens (tertiary/aromatic N) is 3. The van der Waals surface area contributed by atoms with Crippen LogP contribution in [-0.4, -0.2) is 33.2 Å². The predicted octanol–water partition coefficient (Wildman–Crippen LogP) is 2.13. The maximum Gasteiger partial charge on any atom is 0.339 e. The van der Waals surface area contributed by atoms with E-state index in [0.29, 0.717) is 11.4 Å². The molecule has 0 aliphatic carbocycles. The molecule has 20 heavy (non-hydrogen) atoms. The molecule has 0 saturated carbocycles. The van der Waals surface area contributed by atoms with Gasteiger partial charge in [-0.1, -0.05) is 12.1 Å². The van der Waals surface area contributed by atoms with Crippen LogP contribution < -0.4 is 4.74 Å². The van der Waals surface area contributed by atoms with Gasteiger partial charge in [-0.15, -0.1) is 10.2 Å². The van der Waals surface area contributed by atoms with Gasteiger partial charge in [0.15, 0.2) is 0 Å². The zero-order valence-corrected chi connectivity index (χ0v) is 10.6. The van der Waals surface area contributed by atoms with Crippen LogP contribution in [0.5, 0.6) is 5.75 Å². The van der Waals surface area contributed by atoms with Gasteiger partial charge < -0.3 is 9.84 Å². The number of carbonyl (C=O) groups is 1. The summed E-state index contributed by atoms with van der Waals surface area (Å²) in [6.45, 7) is 0. The van der Waals surface area contributed by atoms with E-state index in [4.69, 9.17) is 4.74 Å². The van der Waals surface area contributed by atoms with Crippen LogP contribution in [-0.2, 0) is 0 Å². The minimum atomic E-state index is -1.06. The molecule has 6 nitrogen and oxygen atoms in total. The number of rotatable bonds is 3. The van der Waals surface area contributed by atoms with E-state index in [1.807, 2.05) is 24.3 Å². The van der Waals surface area contributed by atoms with Gasteiger partial charge in [-0.05, 0) is 30.3 Å². The number of fused-ring (bicyclic) bond motifs is 1. The van der Waals surface area contributed by atoms with Gasteiger partial charge in [-0.3, -0.25) is 0 Å². The Morgan fingerprint density at radius 1 is 1.15 bits per heavy atom. The first-order valence-corrected chi connectivity index (χ1v) is 5.93. The molecule has 100 valence electrons. The number of benzene rings is 2. The second-order valence-electron chi connectivity index (χ2n) is 4.17. The third kappa shape index (κ3) is 1.97. The maximum atomic E-state index is 11.2. The van der Waals surface area contributed by atoms with Crippen LogP contribution in [0.15, 0.2) is 42.5 Å². The van der Waals surface area contributed by atoms with Crippen molar-refractivity contribution < 1.29 is 14.6 Å². The van der Waals surface area contributed by atoms with E-state index in [0.717, 1.165) is 11.0 Å². The van der Waals surface area contributed by atoms with Gasteiger partial charge in [0.2, 0.25) is 0 Å². The fraction of sp³-hybridized carbons (Fsp3) is 0.0714. The third-order valence-corrected chi connectivity index (χ3v) is 2.93. The van der Waals surface area contributed by atoms with E-state index >= 15 is 0 Å². The molecule has 1 N–H and O–H groups in total. The average molecular weight is 269 g/mol. The number of hydrogen-bond donors (Lipinski definition) is 1. The predicted molar refractivity (Wildman–Crippen MR) is 72.4 cm³/mol. The fourth-order valence-corrected chi connectivity index (χ4v) is 1.96. The summed E-state index contributed by atoms with van der Waals surface area (Å²) in [4.78, 5) is 12.6. The number of ether oxygens (including phenoxy) is 1. The molecule has 2 aromatic carbocycles. The van der Waals surface area contributed by atoms with E-state index in [-0.39, 0.29) is 5.56 Å². The van der Waals surface area contributed by atoms with Gasteiger partial charge in [0.1, 0.15) is 22.3 Å². The summed E-state index contributed by atoms with van der Waals surface area (Å²) < 4.78 is 5.03. The van der Waals surface area contributed by atoms with Gasteiger partial charge in [-0.25, -0.2) is 4.79 Å². The number of hydrogen-bond acceptors (Lipinski definition) is 4. The molecular formula is C14H11N3O3. The molecule has 1 aromatic heterocycles. The molecular weight excluding hydrogens is 258 g/mol. The lowest BCUT2D eigenvalue weighted by Gasteiger charge is -2.06. The summed E-state index contributed by atoms with van der Waals surface area (Å²) >= 11 is 0. The fourth-order valence-electron chi connectivity index (χ4n) is 1.96. The van der Waals surface area contributed by atoms with Crippen molar-refractivity contribution in [3.63, 3.8) is 0 Å². The first kappa shape index (κ1) is 12.2. The monoisotopic (exact) mass is 269 g/mol. The Bertz CT molecular complexity index is 762. The van der Waals surface area contributed by atoms with Crippen LogP contribution >= 0.6 is 0 Å². The molecule has 0 unspecified atom stereocenters. The van der Waals surface area contributed by atoms with Crippen LogP contribution in [0, 0.1) is 0 Å². The molecule has 0 amide bonds. The lowest BCUT2D eigenvalue weighted by molar-refractivity contribution is 0.0693. The van der Waals surface area contributed by atoms with E-state index in [1.54, 1.807) is 12.1 Å². The standard InChI is InChI=1S/C14H11N3O3/c1-20-13-7-6-9(8-10(13)14(18)19)17-15-11-4-2-3-5-12(11)16-17/h2-8H,1H3,(H,18,19). The van der Waals surface area contributed by atoms with Crippen LogP contribution in [0.3, 0.4) is 0 Å². The van der Waals surface area contributed by atoms with Crippen molar-refractivity contribution in [2.75, 3.05) is 7.11 Å². The van der Waals surface area contributed by atoms with E-state index in [1.165, 1.54) is 18.0 Å². The highest BCUT2D eigenvalue weighted by molar-refractivity contribution is 5.91. The van der Waals surface area contributed by atoms with Crippen molar-refractivity contribution in [3.05, 3.63) is 48.0 Å². The lowest BCUT2D eigenvalue weighted by Crippen LogP contribution is -2.04. The third-order valence-electron chi connectivity index (χ3n) is 2.93. The molecule has 0 aliphatic heterocycles. The second-order valence-corrected chi connectivity index (χ2v) is 4.17. The maximum absolute atomic E-state index is 11.2. The van der Waals surface area contributed by atoms with Crippen molar-refractivity contribution in [2.24, 2.45) is 0 Å². The molecule has 0 aliphatic rings. The van der Waals surface area contributed by atoms with Gasteiger partial charge >= 0.3 is 5.97 Å². The van der Waals surface area contributed by atoms with Crippen LogP contribution in [0.1, 0.15) is 10.4 Å². The van der Waals surface area contributed by atoms with Crippen molar-refractivity contribution in [2.45, 2.75) is 0 Å². The first-order chi connectivity index (χ1) is 9.69. The summed E-state index contributed by atoms with van der Waals surface area (Å²) in [7, 11) is 1.43. The summed E-state index contributed by atoms with van der Waals surface area (Å²) in [6, 6.07) is 12.2. The Morgan fingerprint density at radius 2 is 1.80 bits per heavy atom. The highest BCUT2D eigenvalue weighted by atomic mass is 16.5. The Hall–Kier alpha value is -2.89. The molecule has 3 aromatic rings. The number of methoxy groups -OCH3 is 1. The number of carboxylic acid groups (broad SMARTS) is 1. The lowest BCUT2D eigenvalue weighted by atomic mass is 10.2. The topological polar surface area (TPSA) is 77.2 Å². The Labute approximate surface area is 114 Å². The van der Waals surface area contributed by atoms with Crippen molar-refractivity contribution in [1.29, 1.82) is 0 Å². The van der Waals surface area contributed by atoms with Crippen molar-refractivity contribution >= 4 is 17.0 Å². The minimum Gasteiger partial charge on any atom is -0.496 e. The quantitative estimate of drug-likeness (QED) is 0.788. The molecule has 0 atom stereocenters. The highest BCUT2D eigenvalue weighted by Gasteiger charge is 2.13. The van der Waals surface area contributed by atoms with Gasteiger partial charge in [0.05, 0.1) is 12.8 Å². The number of aromatic nitrogens is 3. The molecule has 0 spiro atoms. The van der Waals surface area contributed by atoms with Gasteiger partial charge in [-0.2, -0.15) is 4.80 Å². The zero-order chi connectivity index (χ0) is 14.1. The van der Waals surface area contributed by atoms with E-state index in [9.17, 15) is 9.90 Å². The molecule has 3 rings (SSSR count). The largest absolute Gasteiger partial charge is 0.496 e. The van der Waals surface area contributed by atoms with Crippen LogP contribution in [0.4, 0.5) is 0 Å². The summed E-state index contributed by atoms with van der Waals surface area (Å²) in [5.74, 6) is -0.752. The SMILES string of the molecule is COc1ccc(-n2nc3ccccc3n2)cc1C(=O)O. The first-order valence-electron chi connectivity index (χ1n) is 5.93. The highest BCUT2D eigenvalue weighted by Crippen LogP contribution is 2.22. The van der Waals surface area contributed by atoms with Gasteiger partial charge in [0, 0.05) is 0 Å². The molecule has 0 bridgehead atoms. The van der Waals surface area contributed by atoms with Crippen molar-refractivity contribution in [3.8, 4) is 11.4 Å². The smallest absolute Gasteiger partial charge is 0.339 e. The Morgan fingerprint density at radius 3 is 2.35 bits per heavy atom. The molecule has 1 heterocycles. The minimum absolute atomic E-state index is 0.0753. The molecule has 0 fully saturated rings. The van der Waals surface area contributed by atoms with E-state index in [2.05, 4.69) is 10.2 Å². The van der Waals surface area contributed by atoms with E-state index < -0.39 is 5.97 Å². The van der Waals surface area contributed by atoms with Crippen molar-refractivity contribution in [1.82, 2.24) is 15.0 Å². The second kappa shape index (κ2) is 4.65. The summed E-state index contributed by atoms with van der Waals surface area (Å²) in [5, 5.41) is 17.8. The van der Waals surface area contributed by atoms with Gasteiger partial charge in [0.25, 0.3) is 0 Å². The molecule has 0 radical (unpaired) electrons. The molecule has 0 saturated heterocycles.